The molecule has 0 amide bonds. The van der Waals surface area contributed by atoms with Gasteiger partial charge in [-0.1, -0.05) is 12.1 Å². The summed E-state index contributed by atoms with van der Waals surface area (Å²) in [6, 6.07) is 13.3. The SMILES string of the molecule is COc1cccc(C2C3=C(CCCC3=O)Nc3nc(-c4ccc([N+](=O)[O-])cc4)nn32)c1. The van der Waals surface area contributed by atoms with Gasteiger partial charge in [0.15, 0.2) is 11.6 Å². The first-order chi connectivity index (χ1) is 15.0. The van der Waals surface area contributed by atoms with Crippen molar-refractivity contribution in [1.82, 2.24) is 14.8 Å². The van der Waals surface area contributed by atoms with Gasteiger partial charge in [0.05, 0.1) is 12.0 Å². The van der Waals surface area contributed by atoms with E-state index in [1.807, 2.05) is 24.3 Å². The average molecular weight is 417 g/mol. The van der Waals surface area contributed by atoms with E-state index in [0.29, 0.717) is 35.1 Å². The molecule has 0 saturated heterocycles. The fourth-order valence-corrected chi connectivity index (χ4v) is 4.13. The van der Waals surface area contributed by atoms with E-state index in [4.69, 9.17) is 4.74 Å². The van der Waals surface area contributed by atoms with E-state index in [2.05, 4.69) is 15.4 Å². The number of rotatable bonds is 4. The molecule has 156 valence electrons. The highest BCUT2D eigenvalue weighted by Crippen LogP contribution is 2.41. The second-order valence-electron chi connectivity index (χ2n) is 7.48. The maximum atomic E-state index is 12.9. The molecule has 9 nitrogen and oxygen atoms in total. The summed E-state index contributed by atoms with van der Waals surface area (Å²) in [5, 5.41) is 18.9. The van der Waals surface area contributed by atoms with Crippen LogP contribution >= 0.6 is 0 Å². The number of anilines is 1. The van der Waals surface area contributed by atoms with E-state index < -0.39 is 11.0 Å². The molecule has 31 heavy (non-hydrogen) atoms. The third kappa shape index (κ3) is 3.24. The summed E-state index contributed by atoms with van der Waals surface area (Å²) in [6.07, 6.45) is 2.06. The smallest absolute Gasteiger partial charge is 0.269 e. The van der Waals surface area contributed by atoms with Crippen LogP contribution < -0.4 is 10.1 Å². The van der Waals surface area contributed by atoms with Gasteiger partial charge in [-0.15, -0.1) is 5.10 Å². The first-order valence-corrected chi connectivity index (χ1v) is 9.94. The summed E-state index contributed by atoms with van der Waals surface area (Å²) in [5.41, 5.74) is 3.11. The Kier molecular flexibility index (Phi) is 4.50. The monoisotopic (exact) mass is 417 g/mol. The van der Waals surface area contributed by atoms with Gasteiger partial charge in [-0.2, -0.15) is 4.98 Å². The number of nitro benzene ring substituents is 1. The summed E-state index contributed by atoms with van der Waals surface area (Å²) in [7, 11) is 1.60. The minimum atomic E-state index is -0.445. The highest BCUT2D eigenvalue weighted by molar-refractivity contribution is 5.99. The number of carbonyl (C=O) groups excluding carboxylic acids is 1. The molecular formula is C22H19N5O4. The number of Topliss-reactive ketones (excluding diaryl/α,β-unsaturated/α-hetero) is 1. The molecule has 1 aromatic heterocycles. The Bertz CT molecular complexity index is 1230. The normalized spacial score (nSPS) is 17.6. The number of hydrogen-bond acceptors (Lipinski definition) is 7. The van der Waals surface area contributed by atoms with Crippen LogP contribution in [-0.2, 0) is 4.79 Å². The number of nitrogens with zero attached hydrogens (tertiary/aromatic N) is 4. The van der Waals surface area contributed by atoms with E-state index in [1.54, 1.807) is 23.9 Å². The molecule has 0 bridgehead atoms. The summed E-state index contributed by atoms with van der Waals surface area (Å²) < 4.78 is 7.10. The predicted octanol–water partition coefficient (Wildman–Crippen LogP) is 3.88. The molecule has 0 spiro atoms. The van der Waals surface area contributed by atoms with Crippen molar-refractivity contribution in [2.75, 3.05) is 12.4 Å². The molecular weight excluding hydrogens is 398 g/mol. The van der Waals surface area contributed by atoms with E-state index in [1.165, 1.54) is 12.1 Å². The topological polar surface area (TPSA) is 112 Å². The third-order valence-electron chi connectivity index (χ3n) is 5.61. The Morgan fingerprint density at radius 2 is 2.00 bits per heavy atom. The van der Waals surface area contributed by atoms with Gasteiger partial charge in [-0.25, -0.2) is 4.68 Å². The van der Waals surface area contributed by atoms with Crippen LogP contribution in [0.3, 0.4) is 0 Å². The maximum absolute atomic E-state index is 12.9. The van der Waals surface area contributed by atoms with Gasteiger partial charge in [0.2, 0.25) is 5.95 Å². The number of nitrogens with one attached hydrogen (secondary N) is 1. The van der Waals surface area contributed by atoms with E-state index in [0.717, 1.165) is 24.1 Å². The predicted molar refractivity (Wildman–Crippen MR) is 113 cm³/mol. The number of allylic oxidation sites excluding steroid dienone is 2. The average Bonchev–Trinajstić information content (AvgIpc) is 3.21. The van der Waals surface area contributed by atoms with Crippen LogP contribution in [0.4, 0.5) is 11.6 Å². The Morgan fingerprint density at radius 1 is 1.19 bits per heavy atom. The van der Waals surface area contributed by atoms with Gasteiger partial charge in [0.1, 0.15) is 11.8 Å². The number of methoxy groups -OCH3 is 1. The van der Waals surface area contributed by atoms with Crippen molar-refractivity contribution < 1.29 is 14.5 Å². The molecule has 0 fully saturated rings. The summed E-state index contributed by atoms with van der Waals surface area (Å²) in [5.74, 6) is 1.76. The third-order valence-corrected chi connectivity index (χ3v) is 5.61. The fraction of sp³-hybridized carbons (Fsp3) is 0.227. The summed E-state index contributed by atoms with van der Waals surface area (Å²) >= 11 is 0. The fourth-order valence-electron chi connectivity index (χ4n) is 4.13. The number of ether oxygens (including phenoxy) is 1. The van der Waals surface area contributed by atoms with E-state index in [-0.39, 0.29) is 11.5 Å². The van der Waals surface area contributed by atoms with Gasteiger partial charge in [-0.3, -0.25) is 14.9 Å². The van der Waals surface area contributed by atoms with Gasteiger partial charge >= 0.3 is 0 Å². The quantitative estimate of drug-likeness (QED) is 0.506. The second kappa shape index (κ2) is 7.35. The molecule has 0 saturated carbocycles. The number of aromatic nitrogens is 3. The van der Waals surface area contributed by atoms with Gasteiger partial charge in [0, 0.05) is 35.4 Å². The van der Waals surface area contributed by atoms with Crippen LogP contribution in [0.25, 0.3) is 11.4 Å². The van der Waals surface area contributed by atoms with Crippen molar-refractivity contribution in [3.63, 3.8) is 0 Å². The largest absolute Gasteiger partial charge is 0.497 e. The Hall–Kier alpha value is -4.01. The molecule has 1 unspecified atom stereocenters. The van der Waals surface area contributed by atoms with Crippen molar-refractivity contribution >= 4 is 17.4 Å². The molecule has 3 aromatic rings. The standard InChI is InChI=1S/C22H19N5O4/c1-31-16-5-2-4-14(12-16)20-19-17(6-3-7-18(19)28)23-22-24-21(25-26(20)22)13-8-10-15(11-9-13)27(29)30/h2,4-5,8-12,20H,3,6-7H2,1H3,(H,23,24,25). The number of hydrogen-bond donors (Lipinski definition) is 1. The van der Waals surface area contributed by atoms with Crippen LogP contribution in [0.15, 0.2) is 59.8 Å². The number of benzene rings is 2. The number of nitro groups is 1. The van der Waals surface area contributed by atoms with Crippen molar-refractivity contribution in [3.8, 4) is 17.1 Å². The summed E-state index contributed by atoms with van der Waals surface area (Å²) in [6.45, 7) is 0. The van der Waals surface area contributed by atoms with Gasteiger partial charge < -0.3 is 10.1 Å². The second-order valence-corrected chi connectivity index (χ2v) is 7.48. The molecule has 2 heterocycles. The minimum Gasteiger partial charge on any atom is -0.497 e. The number of non-ortho nitro benzene ring substituents is 1. The molecule has 1 atom stereocenters. The van der Waals surface area contributed by atoms with Crippen LogP contribution in [0.1, 0.15) is 30.9 Å². The molecule has 9 heteroatoms. The van der Waals surface area contributed by atoms with E-state index in [9.17, 15) is 14.9 Å². The molecule has 2 aromatic carbocycles. The molecule has 5 rings (SSSR count). The van der Waals surface area contributed by atoms with Crippen LogP contribution in [0.5, 0.6) is 5.75 Å². The molecule has 1 aliphatic carbocycles. The number of fused-ring (bicyclic) bond motifs is 1. The first-order valence-electron chi connectivity index (χ1n) is 9.94. The van der Waals surface area contributed by atoms with Crippen LogP contribution in [0, 0.1) is 10.1 Å². The minimum absolute atomic E-state index is 0.00262. The number of ketones is 1. The zero-order chi connectivity index (χ0) is 21.5. The van der Waals surface area contributed by atoms with Crippen LogP contribution in [0.2, 0.25) is 0 Å². The maximum Gasteiger partial charge on any atom is 0.269 e. The molecule has 1 N–H and O–H groups in total. The van der Waals surface area contributed by atoms with Crippen molar-refractivity contribution in [3.05, 3.63) is 75.5 Å². The van der Waals surface area contributed by atoms with Gasteiger partial charge in [-0.05, 0) is 42.7 Å². The zero-order valence-corrected chi connectivity index (χ0v) is 16.7. The van der Waals surface area contributed by atoms with Gasteiger partial charge in [0.25, 0.3) is 5.69 Å². The Balaban J connectivity index is 1.63. The van der Waals surface area contributed by atoms with Crippen molar-refractivity contribution in [1.29, 1.82) is 0 Å². The van der Waals surface area contributed by atoms with Crippen molar-refractivity contribution in [2.24, 2.45) is 0 Å². The van der Waals surface area contributed by atoms with Crippen LogP contribution in [-0.4, -0.2) is 32.6 Å². The Morgan fingerprint density at radius 3 is 2.74 bits per heavy atom. The number of carbonyl (C=O) groups is 1. The lowest BCUT2D eigenvalue weighted by Crippen LogP contribution is -2.31. The lowest BCUT2D eigenvalue weighted by atomic mass is 9.85. The molecule has 1 aliphatic heterocycles. The molecule has 2 aliphatic rings. The lowest BCUT2D eigenvalue weighted by Gasteiger charge is -2.32. The van der Waals surface area contributed by atoms with E-state index >= 15 is 0 Å². The zero-order valence-electron chi connectivity index (χ0n) is 16.7. The lowest BCUT2D eigenvalue weighted by molar-refractivity contribution is -0.384. The molecule has 0 radical (unpaired) electrons. The highest BCUT2D eigenvalue weighted by Gasteiger charge is 2.37. The first kappa shape index (κ1) is 19.0. The summed E-state index contributed by atoms with van der Waals surface area (Å²) in [4.78, 5) is 28.0. The Labute approximate surface area is 177 Å². The highest BCUT2D eigenvalue weighted by atomic mass is 16.6. The van der Waals surface area contributed by atoms with Crippen molar-refractivity contribution in [2.45, 2.75) is 25.3 Å².